The summed E-state index contributed by atoms with van der Waals surface area (Å²) in [7, 11) is 0. The summed E-state index contributed by atoms with van der Waals surface area (Å²) in [4.78, 5) is 0. The fraction of sp³-hybridized carbons (Fsp3) is 0.0357. The Labute approximate surface area is 332 Å². The van der Waals surface area contributed by atoms with E-state index in [1.165, 1.54) is 105 Å². The zero-order valence-electron chi connectivity index (χ0n) is 31.3. The molecular weight excluding hydrogens is 687 g/mol. The summed E-state index contributed by atoms with van der Waals surface area (Å²) in [5, 5.41) is 2.56. The first kappa shape index (κ1) is 32.1. The van der Waals surface area contributed by atoms with Crippen LogP contribution in [-0.4, -0.2) is 4.57 Å². The zero-order chi connectivity index (χ0) is 37.5. The maximum absolute atomic E-state index is 2.45. The van der Waals surface area contributed by atoms with Crippen LogP contribution in [0.15, 0.2) is 212 Å². The van der Waals surface area contributed by atoms with Gasteiger partial charge in [0.25, 0.3) is 0 Å². The van der Waals surface area contributed by atoms with Crippen LogP contribution in [0.3, 0.4) is 0 Å². The number of hydrogen-bond acceptors (Lipinski definition) is 0. The predicted octanol–water partition coefficient (Wildman–Crippen LogP) is 14.4. The van der Waals surface area contributed by atoms with E-state index >= 15 is 0 Å². The van der Waals surface area contributed by atoms with Gasteiger partial charge in [-0.1, -0.05) is 182 Å². The number of nitrogens with zero attached hydrogens (tertiary/aromatic N) is 1. The summed E-state index contributed by atoms with van der Waals surface area (Å²) in [6, 6.07) is 79.0. The summed E-state index contributed by atoms with van der Waals surface area (Å²) in [5.41, 5.74) is 22.2. The van der Waals surface area contributed by atoms with Crippen LogP contribution in [0.2, 0.25) is 0 Å². The van der Waals surface area contributed by atoms with Crippen molar-refractivity contribution in [2.24, 2.45) is 0 Å². The van der Waals surface area contributed by atoms with E-state index in [4.69, 9.17) is 0 Å². The average Bonchev–Trinajstić information content (AvgIpc) is 3.93. The second kappa shape index (κ2) is 12.7. The molecule has 0 N–H and O–H groups in total. The molecule has 12 rings (SSSR count). The lowest BCUT2D eigenvalue weighted by Gasteiger charge is -2.24. The SMILES string of the molecule is c1ccc(-c2cc(-c3ccccc3)cc(C3c4ccccc4-c4ccc5c(c43)C(c3ccc(-n4c6ccccc6c6ccccc64)cc3)c3ccccc3-5)c2)cc1. The molecule has 0 amide bonds. The van der Waals surface area contributed by atoms with E-state index < -0.39 is 0 Å². The molecule has 9 aromatic carbocycles. The van der Waals surface area contributed by atoms with Gasteiger partial charge in [-0.3, -0.25) is 0 Å². The average molecular weight is 724 g/mol. The van der Waals surface area contributed by atoms with Crippen LogP contribution in [-0.2, 0) is 0 Å². The molecule has 2 unspecified atom stereocenters. The van der Waals surface area contributed by atoms with Crippen molar-refractivity contribution in [1.29, 1.82) is 0 Å². The smallest absolute Gasteiger partial charge is 0.0541 e. The van der Waals surface area contributed by atoms with Crippen molar-refractivity contribution in [3.8, 4) is 50.2 Å². The molecule has 0 saturated heterocycles. The molecule has 2 aliphatic carbocycles. The number of rotatable bonds is 5. The molecule has 2 atom stereocenters. The lowest BCUT2D eigenvalue weighted by atomic mass is 9.79. The Bertz CT molecular complexity index is 3060. The van der Waals surface area contributed by atoms with Crippen LogP contribution in [0.1, 0.15) is 45.2 Å². The first-order valence-corrected chi connectivity index (χ1v) is 20.0. The maximum atomic E-state index is 2.45. The quantitative estimate of drug-likeness (QED) is 0.167. The van der Waals surface area contributed by atoms with Gasteiger partial charge in [0.15, 0.2) is 0 Å². The molecule has 0 aliphatic heterocycles. The van der Waals surface area contributed by atoms with Gasteiger partial charge in [0.05, 0.1) is 11.0 Å². The molecule has 0 bridgehead atoms. The molecule has 57 heavy (non-hydrogen) atoms. The van der Waals surface area contributed by atoms with Gasteiger partial charge in [0, 0.05) is 28.3 Å². The third kappa shape index (κ3) is 4.89. The Hall–Kier alpha value is -7.22. The first-order valence-electron chi connectivity index (χ1n) is 20.0. The molecule has 0 spiro atoms. The van der Waals surface area contributed by atoms with E-state index in [-0.39, 0.29) is 11.8 Å². The highest BCUT2D eigenvalue weighted by molar-refractivity contribution is 6.09. The van der Waals surface area contributed by atoms with Crippen molar-refractivity contribution in [2.45, 2.75) is 11.8 Å². The minimum absolute atomic E-state index is 0.0750. The molecule has 1 heteroatoms. The van der Waals surface area contributed by atoms with Gasteiger partial charge in [-0.15, -0.1) is 0 Å². The Balaban J connectivity index is 1.07. The van der Waals surface area contributed by atoms with Gasteiger partial charge in [-0.25, -0.2) is 0 Å². The fourth-order valence-electron chi connectivity index (χ4n) is 10.1. The summed E-state index contributed by atoms with van der Waals surface area (Å²) in [6.07, 6.45) is 0. The second-order valence-corrected chi connectivity index (χ2v) is 15.6. The molecule has 10 aromatic rings. The summed E-state index contributed by atoms with van der Waals surface area (Å²) in [6.45, 7) is 0. The van der Waals surface area contributed by atoms with E-state index in [0.717, 1.165) is 0 Å². The Morgan fingerprint density at radius 1 is 0.298 bits per heavy atom. The maximum Gasteiger partial charge on any atom is 0.0541 e. The van der Waals surface area contributed by atoms with Crippen molar-refractivity contribution in [3.63, 3.8) is 0 Å². The number of para-hydroxylation sites is 2. The van der Waals surface area contributed by atoms with E-state index in [1.54, 1.807) is 0 Å². The van der Waals surface area contributed by atoms with Crippen LogP contribution < -0.4 is 0 Å². The van der Waals surface area contributed by atoms with Crippen molar-refractivity contribution >= 4 is 21.8 Å². The molecule has 2 aliphatic rings. The highest BCUT2D eigenvalue weighted by Crippen LogP contribution is 2.58. The van der Waals surface area contributed by atoms with Crippen molar-refractivity contribution < 1.29 is 0 Å². The lowest BCUT2D eigenvalue weighted by Crippen LogP contribution is -2.08. The third-order valence-corrected chi connectivity index (χ3v) is 12.6. The van der Waals surface area contributed by atoms with Gasteiger partial charge in [-0.2, -0.15) is 0 Å². The lowest BCUT2D eigenvalue weighted by molar-refractivity contribution is 0.937. The van der Waals surface area contributed by atoms with Crippen LogP contribution in [0.4, 0.5) is 0 Å². The molecule has 1 heterocycles. The van der Waals surface area contributed by atoms with Crippen LogP contribution >= 0.6 is 0 Å². The fourth-order valence-corrected chi connectivity index (χ4v) is 10.1. The molecule has 0 fully saturated rings. The molecule has 1 aromatic heterocycles. The minimum Gasteiger partial charge on any atom is -0.309 e. The number of aromatic nitrogens is 1. The zero-order valence-corrected chi connectivity index (χ0v) is 31.3. The van der Waals surface area contributed by atoms with Gasteiger partial charge in [0.1, 0.15) is 0 Å². The topological polar surface area (TPSA) is 4.93 Å². The third-order valence-electron chi connectivity index (χ3n) is 12.6. The molecule has 266 valence electrons. The first-order chi connectivity index (χ1) is 28.3. The molecule has 0 radical (unpaired) electrons. The highest BCUT2D eigenvalue weighted by Gasteiger charge is 2.40. The standard InChI is InChI=1S/C56H37N/c1-3-15-36(16-4-1)39-33-40(37-17-5-2-6-18-37)35-41(34-39)54-48-24-10-8-20-44(48)50-32-31-49-43-19-7-9-23-47(43)53(55(49)56(50)54)38-27-29-42(30-28-38)57-51-25-13-11-21-45(51)46-22-12-14-26-52(46)57/h1-35,53-54H. The predicted molar refractivity (Wildman–Crippen MR) is 237 cm³/mol. The summed E-state index contributed by atoms with van der Waals surface area (Å²) in [5.74, 6) is 0.173. The van der Waals surface area contributed by atoms with Crippen LogP contribution in [0, 0.1) is 0 Å². The number of hydrogen-bond donors (Lipinski definition) is 0. The second-order valence-electron chi connectivity index (χ2n) is 15.6. The van der Waals surface area contributed by atoms with Gasteiger partial charge in [-0.05, 0) is 108 Å². The van der Waals surface area contributed by atoms with Gasteiger partial charge >= 0.3 is 0 Å². The summed E-state index contributed by atoms with van der Waals surface area (Å²) >= 11 is 0. The van der Waals surface area contributed by atoms with Crippen molar-refractivity contribution in [3.05, 3.63) is 246 Å². The monoisotopic (exact) mass is 723 g/mol. The molecule has 0 saturated carbocycles. The molecular formula is C56H37N. The van der Waals surface area contributed by atoms with E-state index in [9.17, 15) is 0 Å². The van der Waals surface area contributed by atoms with E-state index in [1.807, 2.05) is 0 Å². The molecule has 1 nitrogen and oxygen atoms in total. The van der Waals surface area contributed by atoms with Gasteiger partial charge < -0.3 is 4.57 Å². The van der Waals surface area contributed by atoms with Crippen molar-refractivity contribution in [2.75, 3.05) is 0 Å². The van der Waals surface area contributed by atoms with E-state index in [0.29, 0.717) is 0 Å². The van der Waals surface area contributed by atoms with Crippen LogP contribution in [0.5, 0.6) is 0 Å². The number of fused-ring (bicyclic) bond motifs is 10. The number of benzene rings is 9. The summed E-state index contributed by atoms with van der Waals surface area (Å²) < 4.78 is 2.42. The minimum atomic E-state index is 0.0750. The highest BCUT2D eigenvalue weighted by atomic mass is 15.0. The normalized spacial score (nSPS) is 15.0. The largest absolute Gasteiger partial charge is 0.309 e. The van der Waals surface area contributed by atoms with E-state index in [2.05, 4.69) is 217 Å². The van der Waals surface area contributed by atoms with Crippen LogP contribution in [0.25, 0.3) is 72.0 Å². The Morgan fingerprint density at radius 3 is 1.26 bits per heavy atom. The van der Waals surface area contributed by atoms with Gasteiger partial charge in [0.2, 0.25) is 0 Å². The Kier molecular flexibility index (Phi) is 7.12. The Morgan fingerprint density at radius 2 is 0.737 bits per heavy atom. The van der Waals surface area contributed by atoms with Crippen molar-refractivity contribution in [1.82, 2.24) is 4.57 Å².